The van der Waals surface area contributed by atoms with E-state index in [0.29, 0.717) is 23.3 Å². The first-order chi connectivity index (χ1) is 17.7. The Labute approximate surface area is 208 Å². The number of anilines is 2. The molecule has 2 aliphatic rings. The lowest BCUT2D eigenvalue weighted by Gasteiger charge is -2.34. The van der Waals surface area contributed by atoms with Gasteiger partial charge in [-0.2, -0.15) is 5.26 Å². The monoisotopic (exact) mass is 478 g/mol. The van der Waals surface area contributed by atoms with Gasteiger partial charge in [0.15, 0.2) is 0 Å². The van der Waals surface area contributed by atoms with Gasteiger partial charge in [0.1, 0.15) is 11.9 Å². The number of carbonyl (C=O) groups excluding carboxylic acids is 1. The highest BCUT2D eigenvalue weighted by atomic mass is 16.2. The minimum atomic E-state index is 0.292. The van der Waals surface area contributed by atoms with E-state index >= 15 is 0 Å². The van der Waals surface area contributed by atoms with Gasteiger partial charge in [0.2, 0.25) is 11.9 Å². The zero-order valence-corrected chi connectivity index (χ0v) is 19.8. The third kappa shape index (κ3) is 4.63. The van der Waals surface area contributed by atoms with Crippen molar-refractivity contribution in [2.45, 2.75) is 19.4 Å². The first kappa shape index (κ1) is 22.2. The number of pyridine rings is 2. The lowest BCUT2D eigenvalue weighted by molar-refractivity contribution is -0.134. The molecule has 4 heterocycles. The minimum Gasteiger partial charge on any atom is -0.340 e. The molecule has 1 aliphatic heterocycles. The first-order valence-corrected chi connectivity index (χ1v) is 12.2. The van der Waals surface area contributed by atoms with Crippen LogP contribution >= 0.6 is 0 Å². The number of benzene rings is 1. The maximum Gasteiger partial charge on any atom is 0.225 e. The maximum atomic E-state index is 12.3. The molecule has 2 fully saturated rings. The third-order valence-corrected chi connectivity index (χ3v) is 6.82. The molecule has 180 valence electrons. The van der Waals surface area contributed by atoms with Crippen molar-refractivity contribution in [3.63, 3.8) is 0 Å². The van der Waals surface area contributed by atoms with Crippen molar-refractivity contribution >= 4 is 28.7 Å². The zero-order chi connectivity index (χ0) is 24.5. The van der Waals surface area contributed by atoms with Crippen molar-refractivity contribution in [2.75, 3.05) is 31.5 Å². The van der Waals surface area contributed by atoms with Crippen LogP contribution in [-0.4, -0.2) is 61.8 Å². The number of amides is 1. The SMILES string of the molecule is N#Cc1cnccc1-c1ccc2nc(Nc3cc(CN4CCN(C(=O)C5CC5)CC4)ccn3)[nH]c2c1. The van der Waals surface area contributed by atoms with Gasteiger partial charge in [0.25, 0.3) is 0 Å². The molecule has 9 nitrogen and oxygen atoms in total. The summed E-state index contributed by atoms with van der Waals surface area (Å²) >= 11 is 0. The number of piperazine rings is 1. The van der Waals surface area contributed by atoms with E-state index in [1.807, 2.05) is 41.3 Å². The summed E-state index contributed by atoms with van der Waals surface area (Å²) in [7, 11) is 0. The van der Waals surface area contributed by atoms with E-state index < -0.39 is 0 Å². The molecule has 0 spiro atoms. The number of fused-ring (bicyclic) bond motifs is 1. The van der Waals surface area contributed by atoms with Crippen LogP contribution in [0.4, 0.5) is 11.8 Å². The zero-order valence-electron chi connectivity index (χ0n) is 19.8. The molecule has 36 heavy (non-hydrogen) atoms. The molecule has 2 N–H and O–H groups in total. The highest BCUT2D eigenvalue weighted by molar-refractivity contribution is 5.85. The number of nitrogens with one attached hydrogen (secondary N) is 2. The Bertz CT molecular complexity index is 1460. The van der Waals surface area contributed by atoms with Crippen molar-refractivity contribution in [2.24, 2.45) is 5.92 Å². The van der Waals surface area contributed by atoms with Gasteiger partial charge in [-0.1, -0.05) is 6.07 Å². The van der Waals surface area contributed by atoms with Crippen molar-refractivity contribution in [1.29, 1.82) is 5.26 Å². The fraction of sp³-hybridized carbons (Fsp3) is 0.296. The largest absolute Gasteiger partial charge is 0.340 e. The highest BCUT2D eigenvalue weighted by Gasteiger charge is 2.34. The number of nitrogens with zero attached hydrogens (tertiary/aromatic N) is 6. The lowest BCUT2D eigenvalue weighted by atomic mass is 10.0. The van der Waals surface area contributed by atoms with Crippen LogP contribution < -0.4 is 5.32 Å². The number of hydrogen-bond donors (Lipinski definition) is 2. The molecular weight excluding hydrogens is 452 g/mol. The maximum absolute atomic E-state index is 12.3. The summed E-state index contributed by atoms with van der Waals surface area (Å²) in [6.07, 6.45) is 7.19. The molecule has 1 aliphatic carbocycles. The van der Waals surface area contributed by atoms with Gasteiger partial charge in [-0.15, -0.1) is 0 Å². The lowest BCUT2D eigenvalue weighted by Crippen LogP contribution is -2.48. The number of aromatic amines is 1. The Balaban J connectivity index is 1.13. The molecule has 3 aromatic heterocycles. The second kappa shape index (κ2) is 9.40. The van der Waals surface area contributed by atoms with E-state index in [1.54, 1.807) is 18.6 Å². The topological polar surface area (TPSA) is 114 Å². The summed E-state index contributed by atoms with van der Waals surface area (Å²) in [6.45, 7) is 4.21. The molecule has 0 atom stereocenters. The molecule has 1 saturated heterocycles. The van der Waals surface area contributed by atoms with Gasteiger partial charge in [-0.05, 0) is 54.3 Å². The summed E-state index contributed by atoms with van der Waals surface area (Å²) in [5, 5.41) is 12.7. The van der Waals surface area contributed by atoms with Crippen LogP contribution in [0.2, 0.25) is 0 Å². The van der Waals surface area contributed by atoms with Gasteiger partial charge < -0.3 is 15.2 Å². The second-order valence-corrected chi connectivity index (χ2v) is 9.40. The van der Waals surface area contributed by atoms with Gasteiger partial charge in [-0.25, -0.2) is 9.97 Å². The molecule has 4 aromatic rings. The molecule has 0 radical (unpaired) electrons. The van der Waals surface area contributed by atoms with Gasteiger partial charge in [0.05, 0.1) is 16.6 Å². The van der Waals surface area contributed by atoms with Crippen molar-refractivity contribution in [1.82, 2.24) is 29.7 Å². The number of hydrogen-bond acceptors (Lipinski definition) is 7. The second-order valence-electron chi connectivity index (χ2n) is 9.40. The highest BCUT2D eigenvalue weighted by Crippen LogP contribution is 2.31. The Morgan fingerprint density at radius 3 is 2.78 bits per heavy atom. The molecule has 9 heteroatoms. The molecule has 0 bridgehead atoms. The van der Waals surface area contributed by atoms with Crippen LogP contribution in [0.15, 0.2) is 55.0 Å². The number of H-pyrrole nitrogens is 1. The standard InChI is InChI=1S/C27H26N8O/c28-15-21-16-29-7-6-22(21)20-3-4-23-24(14-20)32-27(31-23)33-25-13-18(5-8-30-25)17-34-9-11-35(12-10-34)26(36)19-1-2-19/h3-8,13-14,16,19H,1-2,9-12,17H2,(H2,30,31,32,33). The fourth-order valence-corrected chi connectivity index (χ4v) is 4.71. The molecule has 1 amide bonds. The molecular formula is C27H26N8O. The van der Waals surface area contributed by atoms with Crippen molar-refractivity contribution in [3.8, 4) is 17.2 Å². The van der Waals surface area contributed by atoms with Crippen molar-refractivity contribution in [3.05, 3.63) is 66.1 Å². The summed E-state index contributed by atoms with van der Waals surface area (Å²) < 4.78 is 0. The number of aromatic nitrogens is 4. The van der Waals surface area contributed by atoms with Crippen LogP contribution in [0.25, 0.3) is 22.2 Å². The van der Waals surface area contributed by atoms with Crippen LogP contribution in [0.3, 0.4) is 0 Å². The predicted molar refractivity (Wildman–Crippen MR) is 136 cm³/mol. The Hall–Kier alpha value is -4.29. The van der Waals surface area contributed by atoms with Crippen LogP contribution in [0, 0.1) is 17.2 Å². The number of rotatable bonds is 6. The smallest absolute Gasteiger partial charge is 0.225 e. The van der Waals surface area contributed by atoms with Crippen molar-refractivity contribution < 1.29 is 4.79 Å². The van der Waals surface area contributed by atoms with Crippen LogP contribution in [-0.2, 0) is 11.3 Å². The average Bonchev–Trinajstić information content (AvgIpc) is 3.68. The van der Waals surface area contributed by atoms with E-state index in [4.69, 9.17) is 0 Å². The number of imidazole rings is 1. The Kier molecular flexibility index (Phi) is 5.79. The number of carbonyl (C=O) groups is 1. The fourth-order valence-electron chi connectivity index (χ4n) is 4.71. The molecule has 6 rings (SSSR count). The van der Waals surface area contributed by atoms with Gasteiger partial charge in [0, 0.05) is 62.8 Å². The van der Waals surface area contributed by atoms with Gasteiger partial charge >= 0.3 is 0 Å². The molecule has 1 saturated carbocycles. The van der Waals surface area contributed by atoms with E-state index in [9.17, 15) is 10.1 Å². The summed E-state index contributed by atoms with van der Waals surface area (Å²) in [5.74, 6) is 1.96. The van der Waals surface area contributed by atoms with E-state index in [2.05, 4.69) is 36.2 Å². The van der Waals surface area contributed by atoms with E-state index in [1.165, 1.54) is 0 Å². The minimum absolute atomic E-state index is 0.292. The summed E-state index contributed by atoms with van der Waals surface area (Å²) in [4.78, 5) is 33.2. The third-order valence-electron chi connectivity index (χ3n) is 6.82. The van der Waals surface area contributed by atoms with E-state index in [0.717, 1.165) is 79.1 Å². The Morgan fingerprint density at radius 1 is 1.11 bits per heavy atom. The van der Waals surface area contributed by atoms with Crippen LogP contribution in [0.5, 0.6) is 0 Å². The predicted octanol–water partition coefficient (Wildman–Crippen LogP) is 3.69. The normalized spacial score (nSPS) is 16.1. The first-order valence-electron chi connectivity index (χ1n) is 12.2. The Morgan fingerprint density at radius 2 is 1.97 bits per heavy atom. The van der Waals surface area contributed by atoms with Crippen LogP contribution in [0.1, 0.15) is 24.0 Å². The molecule has 0 unspecified atom stereocenters. The number of nitriles is 1. The van der Waals surface area contributed by atoms with E-state index in [-0.39, 0.29) is 0 Å². The summed E-state index contributed by atoms with van der Waals surface area (Å²) in [5.41, 5.74) is 5.15. The average molecular weight is 479 g/mol. The van der Waals surface area contributed by atoms with Gasteiger partial charge in [-0.3, -0.25) is 14.7 Å². The molecule has 1 aromatic carbocycles. The quantitative estimate of drug-likeness (QED) is 0.434. The summed E-state index contributed by atoms with van der Waals surface area (Å²) in [6, 6.07) is 14.0.